The highest BCUT2D eigenvalue weighted by Crippen LogP contribution is 2.29. The van der Waals surface area contributed by atoms with Crippen LogP contribution in [-0.4, -0.2) is 81.2 Å². The second kappa shape index (κ2) is 17.0. The first-order valence-corrected chi connectivity index (χ1v) is 12.9. The Bertz CT molecular complexity index is 649. The molecule has 1 aliphatic rings. The predicted octanol–water partition coefficient (Wildman–Crippen LogP) is 2.58. The van der Waals surface area contributed by atoms with E-state index in [9.17, 15) is 30.0 Å². The summed E-state index contributed by atoms with van der Waals surface area (Å²) in [5.74, 6) is -1.78. The molecule has 0 spiro atoms. The number of rotatable bonds is 17. The van der Waals surface area contributed by atoms with Gasteiger partial charge in [0.1, 0.15) is 6.10 Å². The molecule has 0 aliphatic carbocycles. The molecule has 1 saturated heterocycles. The lowest BCUT2D eigenvalue weighted by atomic mass is 9.83. The fourth-order valence-corrected chi connectivity index (χ4v) is 4.45. The molecule has 35 heavy (non-hydrogen) atoms. The molecule has 9 nitrogen and oxygen atoms in total. The Balaban J connectivity index is 2.31. The Morgan fingerprint density at radius 3 is 2.29 bits per heavy atom. The number of aliphatic hydroxyl groups excluding tert-OH is 4. The van der Waals surface area contributed by atoms with Gasteiger partial charge in [0.15, 0.2) is 0 Å². The van der Waals surface area contributed by atoms with Crippen molar-refractivity contribution in [3.8, 4) is 0 Å². The number of aliphatic carboxylic acids is 1. The average Bonchev–Trinajstić information content (AvgIpc) is 2.76. The number of carboxylic acid groups (broad SMARTS) is 1. The number of carbonyl (C=O) groups is 2. The van der Waals surface area contributed by atoms with Crippen molar-refractivity contribution in [2.45, 2.75) is 115 Å². The molecule has 0 radical (unpaired) electrons. The maximum Gasteiger partial charge on any atom is 0.330 e. The van der Waals surface area contributed by atoms with Gasteiger partial charge < -0.3 is 35.0 Å². The summed E-state index contributed by atoms with van der Waals surface area (Å²) in [7, 11) is 0. The zero-order valence-corrected chi connectivity index (χ0v) is 21.5. The van der Waals surface area contributed by atoms with Crippen LogP contribution >= 0.6 is 0 Å². The second-order valence-electron chi connectivity index (χ2n) is 10.1. The van der Waals surface area contributed by atoms with Crippen molar-refractivity contribution in [1.29, 1.82) is 0 Å². The van der Waals surface area contributed by atoms with Crippen LogP contribution in [0.3, 0.4) is 0 Å². The van der Waals surface area contributed by atoms with Crippen molar-refractivity contribution in [1.82, 2.24) is 0 Å². The molecule has 0 unspecified atom stereocenters. The molecule has 0 bridgehead atoms. The monoisotopic (exact) mass is 502 g/mol. The molecule has 0 amide bonds. The van der Waals surface area contributed by atoms with Gasteiger partial charge in [0, 0.05) is 18.4 Å². The number of carbonyl (C=O) groups excluding carboxylic acids is 1. The number of hydrogen-bond donors (Lipinski definition) is 5. The number of hydrogen-bond acceptors (Lipinski definition) is 8. The summed E-state index contributed by atoms with van der Waals surface area (Å²) >= 11 is 0. The second-order valence-corrected chi connectivity index (χ2v) is 10.1. The zero-order chi connectivity index (χ0) is 26.4. The van der Waals surface area contributed by atoms with Crippen LogP contribution in [0.4, 0.5) is 0 Å². The van der Waals surface area contributed by atoms with Gasteiger partial charge in [0.05, 0.1) is 37.6 Å². The van der Waals surface area contributed by atoms with Crippen LogP contribution < -0.4 is 0 Å². The Labute approximate surface area is 209 Å². The van der Waals surface area contributed by atoms with E-state index in [0.29, 0.717) is 25.0 Å². The van der Waals surface area contributed by atoms with Crippen LogP contribution in [0.15, 0.2) is 11.6 Å². The number of ether oxygens (including phenoxy) is 2. The van der Waals surface area contributed by atoms with Crippen LogP contribution in [0, 0.1) is 11.8 Å². The van der Waals surface area contributed by atoms with Gasteiger partial charge in [-0.15, -0.1) is 0 Å². The minimum absolute atomic E-state index is 0.142. The number of aliphatic hydroxyl groups is 4. The van der Waals surface area contributed by atoms with Gasteiger partial charge in [-0.2, -0.15) is 0 Å². The van der Waals surface area contributed by atoms with E-state index in [4.69, 9.17) is 14.6 Å². The van der Waals surface area contributed by atoms with Crippen molar-refractivity contribution < 1.29 is 44.6 Å². The minimum atomic E-state index is -1.14. The average molecular weight is 503 g/mol. The number of esters is 1. The Hall–Kier alpha value is -1.52. The fourth-order valence-electron chi connectivity index (χ4n) is 4.45. The lowest BCUT2D eigenvalue weighted by Crippen LogP contribution is -2.51. The summed E-state index contributed by atoms with van der Waals surface area (Å²) < 4.78 is 11.0. The lowest BCUT2D eigenvalue weighted by Gasteiger charge is -2.39. The van der Waals surface area contributed by atoms with E-state index in [1.165, 1.54) is 6.08 Å². The maximum atomic E-state index is 12.0. The van der Waals surface area contributed by atoms with E-state index in [2.05, 4.69) is 0 Å². The van der Waals surface area contributed by atoms with Crippen LogP contribution in [0.2, 0.25) is 0 Å². The smallest absolute Gasteiger partial charge is 0.330 e. The molecule has 204 valence electrons. The number of carboxylic acids is 1. The summed E-state index contributed by atoms with van der Waals surface area (Å²) in [5, 5.41) is 49.5. The van der Waals surface area contributed by atoms with Gasteiger partial charge in [-0.25, -0.2) is 4.79 Å². The van der Waals surface area contributed by atoms with Crippen LogP contribution in [0.25, 0.3) is 0 Å². The number of unbranched alkanes of at least 4 members (excludes halogenated alkanes) is 5. The van der Waals surface area contributed by atoms with E-state index in [1.807, 2.05) is 6.92 Å². The minimum Gasteiger partial charge on any atom is -0.481 e. The van der Waals surface area contributed by atoms with Gasteiger partial charge >= 0.3 is 11.9 Å². The van der Waals surface area contributed by atoms with Gasteiger partial charge in [-0.05, 0) is 51.9 Å². The van der Waals surface area contributed by atoms with Gasteiger partial charge in [0.2, 0.25) is 0 Å². The molecule has 7 atom stereocenters. The molecular weight excluding hydrogens is 456 g/mol. The summed E-state index contributed by atoms with van der Waals surface area (Å²) in [4.78, 5) is 22.5. The normalized spacial score (nSPS) is 25.6. The van der Waals surface area contributed by atoms with E-state index in [-0.39, 0.29) is 31.8 Å². The molecular formula is C26H46O9. The third-order valence-electron chi connectivity index (χ3n) is 6.57. The van der Waals surface area contributed by atoms with E-state index in [0.717, 1.165) is 32.1 Å². The topological polar surface area (TPSA) is 154 Å². The summed E-state index contributed by atoms with van der Waals surface area (Å²) in [6.45, 7) is 5.75. The third kappa shape index (κ3) is 13.4. The van der Waals surface area contributed by atoms with Crippen molar-refractivity contribution in [3.05, 3.63) is 11.6 Å². The van der Waals surface area contributed by atoms with E-state index < -0.39 is 48.4 Å². The molecule has 1 fully saturated rings. The first-order chi connectivity index (χ1) is 16.5. The first kappa shape index (κ1) is 31.5. The molecule has 0 aromatic carbocycles. The van der Waals surface area contributed by atoms with Crippen molar-refractivity contribution >= 4 is 11.9 Å². The molecule has 0 saturated carbocycles. The Morgan fingerprint density at radius 1 is 1.03 bits per heavy atom. The lowest BCUT2D eigenvalue weighted by molar-refractivity contribution is -0.170. The quantitative estimate of drug-likeness (QED) is 0.115. The van der Waals surface area contributed by atoms with Gasteiger partial charge in [-0.1, -0.05) is 38.2 Å². The van der Waals surface area contributed by atoms with Crippen molar-refractivity contribution in [3.63, 3.8) is 0 Å². The van der Waals surface area contributed by atoms with Crippen LogP contribution in [-0.2, 0) is 19.1 Å². The molecule has 1 aliphatic heterocycles. The molecule has 1 rings (SSSR count). The largest absolute Gasteiger partial charge is 0.481 e. The first-order valence-electron chi connectivity index (χ1n) is 12.9. The fraction of sp³-hybridized carbons (Fsp3) is 0.846. The molecule has 0 aromatic rings. The zero-order valence-electron chi connectivity index (χ0n) is 21.5. The molecule has 1 heterocycles. The van der Waals surface area contributed by atoms with E-state index in [1.54, 1.807) is 13.8 Å². The van der Waals surface area contributed by atoms with Gasteiger partial charge in [-0.3, -0.25) is 4.79 Å². The standard InChI is InChI=1S/C26H46O9/c1-17(13-24(31)34-11-9-7-5-4-6-8-10-23(29)30)12-22-26(33)25(32)20(16-35-22)15-21(28)18(2)14-19(3)27/h13,18-22,25-28,32-33H,4-12,14-16H2,1-3H3,(H,29,30)/b17-13+/t18-,19-,20-,21-,22-,25+,26-/m0/s1. The summed E-state index contributed by atoms with van der Waals surface area (Å²) in [5.41, 5.74) is 0.675. The third-order valence-corrected chi connectivity index (χ3v) is 6.57. The van der Waals surface area contributed by atoms with Crippen LogP contribution in [0.1, 0.15) is 85.0 Å². The molecule has 9 heteroatoms. The maximum absolute atomic E-state index is 12.0. The Kier molecular flexibility index (Phi) is 15.3. The van der Waals surface area contributed by atoms with E-state index >= 15 is 0 Å². The summed E-state index contributed by atoms with van der Waals surface area (Å²) in [6, 6.07) is 0. The molecule has 0 aromatic heterocycles. The van der Waals surface area contributed by atoms with Crippen molar-refractivity contribution in [2.75, 3.05) is 13.2 Å². The highest BCUT2D eigenvalue weighted by atomic mass is 16.5. The molecule has 5 N–H and O–H groups in total. The Morgan fingerprint density at radius 2 is 1.66 bits per heavy atom. The predicted molar refractivity (Wildman–Crippen MR) is 131 cm³/mol. The van der Waals surface area contributed by atoms with Crippen molar-refractivity contribution in [2.24, 2.45) is 11.8 Å². The summed E-state index contributed by atoms with van der Waals surface area (Å²) in [6.07, 6.45) is 3.68. The highest BCUT2D eigenvalue weighted by Gasteiger charge is 2.39. The SMILES string of the molecule is C/C(=C\C(=O)OCCCCCCCCC(=O)O)C[C@@H]1OC[C@H](C[C@H](O)[C@@H](C)C[C@H](C)O)[C@@H](O)[C@H]1O. The van der Waals surface area contributed by atoms with Gasteiger partial charge in [0.25, 0.3) is 0 Å². The highest BCUT2D eigenvalue weighted by molar-refractivity contribution is 5.82. The van der Waals surface area contributed by atoms with Crippen LogP contribution in [0.5, 0.6) is 0 Å².